The van der Waals surface area contributed by atoms with Crippen LogP contribution in [0.4, 0.5) is 0 Å². The topological polar surface area (TPSA) is 21.3 Å². The average molecular weight is 326 g/mol. The molecular formula is C14H16BrNOS. The second-order valence-electron chi connectivity index (χ2n) is 4.01. The minimum Gasteiger partial charge on any atom is -0.497 e. The van der Waals surface area contributed by atoms with Crippen molar-refractivity contribution < 1.29 is 4.74 Å². The Morgan fingerprint density at radius 3 is 2.83 bits per heavy atom. The third-order valence-corrected chi connectivity index (χ3v) is 4.87. The van der Waals surface area contributed by atoms with Crippen LogP contribution in [0.1, 0.15) is 16.5 Å². The maximum Gasteiger partial charge on any atom is 0.119 e. The first-order valence-corrected chi connectivity index (χ1v) is 7.45. The van der Waals surface area contributed by atoms with Gasteiger partial charge < -0.3 is 10.1 Å². The van der Waals surface area contributed by atoms with Crippen LogP contribution in [0.2, 0.25) is 0 Å². The fourth-order valence-electron chi connectivity index (χ4n) is 1.90. The smallest absolute Gasteiger partial charge is 0.119 e. The van der Waals surface area contributed by atoms with E-state index in [0.29, 0.717) is 6.04 Å². The van der Waals surface area contributed by atoms with Crippen molar-refractivity contribution >= 4 is 27.3 Å². The highest BCUT2D eigenvalue weighted by Gasteiger charge is 2.13. The van der Waals surface area contributed by atoms with Crippen LogP contribution < -0.4 is 10.1 Å². The molecular weight excluding hydrogens is 310 g/mol. The summed E-state index contributed by atoms with van der Waals surface area (Å²) in [5.74, 6) is 0.901. The van der Waals surface area contributed by atoms with Gasteiger partial charge in [0.05, 0.1) is 7.11 Å². The molecule has 0 aliphatic heterocycles. The molecule has 0 spiro atoms. The molecule has 0 bridgehead atoms. The van der Waals surface area contributed by atoms with Crippen molar-refractivity contribution in [3.63, 3.8) is 0 Å². The zero-order valence-electron chi connectivity index (χ0n) is 10.4. The van der Waals surface area contributed by atoms with Gasteiger partial charge in [0.25, 0.3) is 0 Å². The molecule has 2 rings (SSSR count). The number of rotatable bonds is 5. The van der Waals surface area contributed by atoms with Crippen LogP contribution in [-0.2, 0) is 6.42 Å². The number of thiophene rings is 1. The Hall–Kier alpha value is -0.840. The predicted octanol–water partition coefficient (Wildman–Crippen LogP) is 4.02. The van der Waals surface area contributed by atoms with Crippen molar-refractivity contribution in [3.05, 3.63) is 50.6 Å². The van der Waals surface area contributed by atoms with E-state index in [1.165, 1.54) is 14.9 Å². The Bertz CT molecular complexity index is 512. The highest BCUT2D eigenvalue weighted by molar-refractivity contribution is 9.10. The van der Waals surface area contributed by atoms with Crippen LogP contribution in [0, 0.1) is 0 Å². The van der Waals surface area contributed by atoms with Crippen molar-refractivity contribution in [2.45, 2.75) is 12.5 Å². The standard InChI is InChI=1S/C14H16BrNOS/c1-16-13(9-14-12(15)6-7-18-14)10-4-3-5-11(8-10)17-2/h3-8,13,16H,9H2,1-2H3. The van der Waals surface area contributed by atoms with Gasteiger partial charge in [-0.3, -0.25) is 0 Å². The number of hydrogen-bond donors (Lipinski definition) is 1. The fourth-order valence-corrected chi connectivity index (χ4v) is 3.46. The second kappa shape index (κ2) is 6.36. The molecule has 0 radical (unpaired) electrons. The van der Waals surface area contributed by atoms with Gasteiger partial charge in [0.2, 0.25) is 0 Å². The molecule has 4 heteroatoms. The van der Waals surface area contributed by atoms with Crippen molar-refractivity contribution in [1.82, 2.24) is 5.32 Å². The second-order valence-corrected chi connectivity index (χ2v) is 5.87. The highest BCUT2D eigenvalue weighted by Crippen LogP contribution is 2.29. The molecule has 1 aromatic carbocycles. The Kier molecular flexibility index (Phi) is 4.80. The molecule has 0 aliphatic rings. The van der Waals surface area contributed by atoms with Crippen LogP contribution in [0.15, 0.2) is 40.2 Å². The van der Waals surface area contributed by atoms with Crippen LogP contribution >= 0.6 is 27.3 Å². The van der Waals surface area contributed by atoms with Crippen molar-refractivity contribution in [2.24, 2.45) is 0 Å². The summed E-state index contributed by atoms with van der Waals surface area (Å²) < 4.78 is 6.46. The first kappa shape index (κ1) is 13.6. The van der Waals surface area contributed by atoms with Crippen LogP contribution in [0.5, 0.6) is 5.75 Å². The normalized spacial score (nSPS) is 12.4. The Morgan fingerprint density at radius 2 is 2.22 bits per heavy atom. The lowest BCUT2D eigenvalue weighted by atomic mass is 10.0. The van der Waals surface area contributed by atoms with Crippen LogP contribution in [0.3, 0.4) is 0 Å². The van der Waals surface area contributed by atoms with E-state index < -0.39 is 0 Å². The Morgan fingerprint density at radius 1 is 1.39 bits per heavy atom. The first-order valence-electron chi connectivity index (χ1n) is 5.77. The summed E-state index contributed by atoms with van der Waals surface area (Å²) in [6.45, 7) is 0. The van der Waals surface area contributed by atoms with E-state index in [0.717, 1.165) is 12.2 Å². The summed E-state index contributed by atoms with van der Waals surface area (Å²) >= 11 is 5.36. The number of nitrogens with one attached hydrogen (secondary N) is 1. The number of benzene rings is 1. The third-order valence-electron chi connectivity index (χ3n) is 2.93. The van der Waals surface area contributed by atoms with Gasteiger partial charge in [-0.25, -0.2) is 0 Å². The molecule has 96 valence electrons. The van der Waals surface area contributed by atoms with Gasteiger partial charge in [0.15, 0.2) is 0 Å². The summed E-state index contributed by atoms with van der Waals surface area (Å²) in [5.41, 5.74) is 1.25. The molecule has 0 saturated heterocycles. The number of hydrogen-bond acceptors (Lipinski definition) is 3. The van der Waals surface area contributed by atoms with Gasteiger partial charge in [0.1, 0.15) is 5.75 Å². The number of likely N-dealkylation sites (N-methyl/N-ethyl adjacent to an activating group) is 1. The van der Waals surface area contributed by atoms with Gasteiger partial charge in [-0.15, -0.1) is 11.3 Å². The molecule has 0 saturated carbocycles. The monoisotopic (exact) mass is 325 g/mol. The fraction of sp³-hybridized carbons (Fsp3) is 0.286. The molecule has 1 unspecified atom stereocenters. The molecule has 18 heavy (non-hydrogen) atoms. The molecule has 0 aliphatic carbocycles. The van der Waals surface area contributed by atoms with E-state index in [4.69, 9.17) is 4.74 Å². The summed E-state index contributed by atoms with van der Waals surface area (Å²) in [6, 6.07) is 10.6. The van der Waals surface area contributed by atoms with Gasteiger partial charge >= 0.3 is 0 Å². The van der Waals surface area contributed by atoms with Gasteiger partial charge in [0, 0.05) is 21.8 Å². The van der Waals surface area contributed by atoms with E-state index in [1.54, 1.807) is 18.4 Å². The molecule has 0 fully saturated rings. The maximum atomic E-state index is 5.27. The Labute approximate surface area is 120 Å². The first-order chi connectivity index (χ1) is 8.74. The zero-order chi connectivity index (χ0) is 13.0. The number of methoxy groups -OCH3 is 1. The van der Waals surface area contributed by atoms with Crippen LogP contribution in [0.25, 0.3) is 0 Å². The van der Waals surface area contributed by atoms with E-state index in [1.807, 2.05) is 19.2 Å². The molecule has 1 aromatic heterocycles. The molecule has 1 atom stereocenters. The summed E-state index contributed by atoms with van der Waals surface area (Å²) in [7, 11) is 3.69. The van der Waals surface area contributed by atoms with E-state index in [-0.39, 0.29) is 0 Å². The van der Waals surface area contributed by atoms with Gasteiger partial charge in [-0.1, -0.05) is 12.1 Å². The lowest BCUT2D eigenvalue weighted by Crippen LogP contribution is -2.18. The molecule has 1 heterocycles. The maximum absolute atomic E-state index is 5.27. The molecule has 0 amide bonds. The van der Waals surface area contributed by atoms with Gasteiger partial charge in [-0.2, -0.15) is 0 Å². The van der Waals surface area contributed by atoms with Crippen molar-refractivity contribution in [3.8, 4) is 5.75 Å². The largest absolute Gasteiger partial charge is 0.497 e. The number of ether oxygens (including phenoxy) is 1. The molecule has 2 nitrogen and oxygen atoms in total. The van der Waals surface area contributed by atoms with Crippen LogP contribution in [-0.4, -0.2) is 14.2 Å². The minimum atomic E-state index is 0.301. The summed E-state index contributed by atoms with van der Waals surface area (Å²) in [6.07, 6.45) is 0.974. The van der Waals surface area contributed by atoms with Crippen molar-refractivity contribution in [1.29, 1.82) is 0 Å². The van der Waals surface area contributed by atoms with E-state index in [2.05, 4.69) is 44.8 Å². The van der Waals surface area contributed by atoms with E-state index >= 15 is 0 Å². The predicted molar refractivity (Wildman–Crippen MR) is 80.5 cm³/mol. The lowest BCUT2D eigenvalue weighted by molar-refractivity contribution is 0.413. The molecule has 2 aromatic rings. The quantitative estimate of drug-likeness (QED) is 0.896. The SMILES string of the molecule is CNC(Cc1sccc1Br)c1cccc(OC)c1. The highest BCUT2D eigenvalue weighted by atomic mass is 79.9. The van der Waals surface area contributed by atoms with E-state index in [9.17, 15) is 0 Å². The lowest BCUT2D eigenvalue weighted by Gasteiger charge is -2.17. The Balaban J connectivity index is 2.20. The summed E-state index contributed by atoms with van der Waals surface area (Å²) in [5, 5.41) is 5.47. The summed E-state index contributed by atoms with van der Waals surface area (Å²) in [4.78, 5) is 1.36. The van der Waals surface area contributed by atoms with Crippen molar-refractivity contribution in [2.75, 3.05) is 14.2 Å². The van der Waals surface area contributed by atoms with Gasteiger partial charge in [-0.05, 0) is 52.1 Å². The number of halogens is 1. The average Bonchev–Trinajstić information content (AvgIpc) is 2.81. The zero-order valence-corrected chi connectivity index (χ0v) is 12.8. The third kappa shape index (κ3) is 3.13. The molecule has 1 N–H and O–H groups in total. The minimum absolute atomic E-state index is 0.301.